The van der Waals surface area contributed by atoms with Gasteiger partial charge in [0.25, 0.3) is 0 Å². The van der Waals surface area contributed by atoms with E-state index >= 15 is 13.2 Å². The SMILES string of the molecule is [C-]#[N+]c1c(-n2c3ccccc3c3ccc4c5ccccc5n(C)c4c32)ccc(-c2ccccc2C(F)(F)F)c1-n1c2ccccc2c2ccc3c4ccccc4n(C)c3c21. The van der Waals surface area contributed by atoms with Crippen molar-refractivity contribution in [3.63, 3.8) is 0 Å². The molecule has 0 atom stereocenters. The molecule has 0 spiro atoms. The Morgan fingerprint density at radius 1 is 0.417 bits per heavy atom. The lowest BCUT2D eigenvalue weighted by atomic mass is 9.95. The monoisotopic (exact) mass is 783 g/mol. The number of fused-ring (bicyclic) bond motifs is 14. The third-order valence-corrected chi connectivity index (χ3v) is 12.6. The van der Waals surface area contributed by atoms with Gasteiger partial charge >= 0.3 is 6.18 Å². The molecule has 0 amide bonds. The topological polar surface area (TPSA) is 24.1 Å². The number of nitrogens with zero attached hydrogens (tertiary/aromatic N) is 5. The van der Waals surface area contributed by atoms with Gasteiger partial charge in [-0.25, -0.2) is 4.85 Å². The molecule has 0 aliphatic heterocycles. The van der Waals surface area contributed by atoms with Crippen LogP contribution in [0.2, 0.25) is 0 Å². The van der Waals surface area contributed by atoms with Gasteiger partial charge in [0.05, 0.1) is 56.6 Å². The summed E-state index contributed by atoms with van der Waals surface area (Å²) in [5.41, 5.74) is 8.21. The average Bonchev–Trinajstić information content (AvgIpc) is 3.98. The Hall–Kier alpha value is -7.76. The molecule has 5 nitrogen and oxygen atoms in total. The molecule has 4 aromatic heterocycles. The number of para-hydroxylation sites is 4. The van der Waals surface area contributed by atoms with Gasteiger partial charge in [-0.1, -0.05) is 121 Å². The number of alkyl halides is 3. The number of halogens is 3. The van der Waals surface area contributed by atoms with E-state index in [-0.39, 0.29) is 11.3 Å². The predicted octanol–water partition coefficient (Wildman–Crippen LogP) is 14.4. The van der Waals surface area contributed by atoms with Gasteiger partial charge in [-0.05, 0) is 47.5 Å². The van der Waals surface area contributed by atoms with E-state index in [1.165, 1.54) is 12.1 Å². The van der Waals surface area contributed by atoms with Gasteiger partial charge in [0.2, 0.25) is 5.69 Å². The predicted molar refractivity (Wildman–Crippen MR) is 240 cm³/mol. The molecular formula is C52H32F3N5. The normalized spacial score (nSPS) is 12.4. The molecule has 0 saturated heterocycles. The number of rotatable bonds is 3. The number of aromatic nitrogens is 4. The van der Waals surface area contributed by atoms with Crippen LogP contribution in [0.25, 0.3) is 115 Å². The average molecular weight is 784 g/mol. The summed E-state index contributed by atoms with van der Waals surface area (Å²) >= 11 is 0. The Kier molecular flexibility index (Phi) is 6.94. The third-order valence-electron chi connectivity index (χ3n) is 12.6. The van der Waals surface area contributed by atoms with E-state index in [4.69, 9.17) is 6.57 Å². The molecule has 0 aliphatic carbocycles. The van der Waals surface area contributed by atoms with E-state index in [1.807, 2.05) is 67.7 Å². The Labute approximate surface area is 340 Å². The fourth-order valence-electron chi connectivity index (χ4n) is 10.2. The van der Waals surface area contributed by atoms with E-state index in [9.17, 15) is 0 Å². The number of benzene rings is 8. The van der Waals surface area contributed by atoms with Crippen molar-refractivity contribution in [2.24, 2.45) is 14.1 Å². The second-order valence-electron chi connectivity index (χ2n) is 15.6. The summed E-state index contributed by atoms with van der Waals surface area (Å²) in [5.74, 6) is 0. The van der Waals surface area contributed by atoms with Crippen LogP contribution in [-0.4, -0.2) is 18.3 Å². The van der Waals surface area contributed by atoms with E-state index < -0.39 is 11.7 Å². The second kappa shape index (κ2) is 12.1. The highest BCUT2D eigenvalue weighted by Crippen LogP contribution is 2.50. The summed E-state index contributed by atoms with van der Waals surface area (Å²) in [4.78, 5) is 4.39. The van der Waals surface area contributed by atoms with Crippen LogP contribution in [0.5, 0.6) is 0 Å². The Morgan fingerprint density at radius 3 is 1.35 bits per heavy atom. The van der Waals surface area contributed by atoms with Crippen LogP contribution in [0.4, 0.5) is 18.9 Å². The molecule has 286 valence electrons. The minimum atomic E-state index is -4.65. The summed E-state index contributed by atoms with van der Waals surface area (Å²) in [6.07, 6.45) is -4.65. The van der Waals surface area contributed by atoms with Crippen molar-refractivity contribution in [3.05, 3.63) is 175 Å². The molecule has 0 unspecified atom stereocenters. The molecule has 60 heavy (non-hydrogen) atoms. The van der Waals surface area contributed by atoms with Crippen molar-refractivity contribution in [2.75, 3.05) is 0 Å². The molecule has 0 bridgehead atoms. The zero-order valence-corrected chi connectivity index (χ0v) is 32.4. The lowest BCUT2D eigenvalue weighted by Crippen LogP contribution is -2.09. The first kappa shape index (κ1) is 34.3. The summed E-state index contributed by atoms with van der Waals surface area (Å²) in [6, 6.07) is 50.6. The van der Waals surface area contributed by atoms with E-state index in [0.717, 1.165) is 93.3 Å². The van der Waals surface area contributed by atoms with Crippen molar-refractivity contribution >= 4 is 92.9 Å². The van der Waals surface area contributed by atoms with Crippen LogP contribution in [0.15, 0.2) is 158 Å². The fraction of sp³-hybridized carbons (Fsp3) is 0.0577. The first-order valence-electron chi connectivity index (χ1n) is 19.8. The highest BCUT2D eigenvalue weighted by atomic mass is 19.4. The fourth-order valence-corrected chi connectivity index (χ4v) is 10.2. The number of hydrogen-bond acceptors (Lipinski definition) is 0. The zero-order valence-electron chi connectivity index (χ0n) is 32.4. The Balaban J connectivity index is 1.33. The van der Waals surface area contributed by atoms with Gasteiger partial charge < -0.3 is 18.3 Å². The smallest absolute Gasteiger partial charge is 0.342 e. The van der Waals surface area contributed by atoms with Crippen molar-refractivity contribution in [1.29, 1.82) is 0 Å². The van der Waals surface area contributed by atoms with Crippen LogP contribution >= 0.6 is 0 Å². The first-order valence-corrected chi connectivity index (χ1v) is 19.8. The maximum absolute atomic E-state index is 15.1. The molecule has 12 aromatic rings. The Bertz CT molecular complexity index is 3860. The molecule has 4 heterocycles. The molecule has 8 aromatic carbocycles. The van der Waals surface area contributed by atoms with Crippen molar-refractivity contribution in [3.8, 4) is 22.5 Å². The van der Waals surface area contributed by atoms with Crippen molar-refractivity contribution in [1.82, 2.24) is 18.3 Å². The standard InChI is InChI=1S/C52H32F3N5/c1-56-46-45(59-43-22-12-7-17-33(43)38-26-24-36-31-15-5-10-20-41(31)57(2)48(36)50(38)59)29-28-35(30-14-4-9-19-40(30)52(53,54)55)47(46)60-44-23-13-8-18-34(44)39-27-25-37-32-16-6-11-21-42(32)58(3)49(37)51(39)60/h4-29H,2-3H3. The van der Waals surface area contributed by atoms with Crippen molar-refractivity contribution in [2.45, 2.75) is 6.18 Å². The molecule has 0 saturated carbocycles. The van der Waals surface area contributed by atoms with Gasteiger partial charge in [0.1, 0.15) is 0 Å². The lowest BCUT2D eigenvalue weighted by Gasteiger charge is -2.22. The van der Waals surface area contributed by atoms with Crippen LogP contribution in [0, 0.1) is 6.57 Å². The van der Waals surface area contributed by atoms with Gasteiger partial charge in [0.15, 0.2) is 0 Å². The van der Waals surface area contributed by atoms with E-state index in [2.05, 4.69) is 96.9 Å². The quantitative estimate of drug-likeness (QED) is 0.159. The zero-order chi connectivity index (χ0) is 40.6. The third kappa shape index (κ3) is 4.41. The lowest BCUT2D eigenvalue weighted by molar-refractivity contribution is -0.137. The second-order valence-corrected chi connectivity index (χ2v) is 15.6. The summed E-state index contributed by atoms with van der Waals surface area (Å²) in [7, 11) is 4.10. The summed E-state index contributed by atoms with van der Waals surface area (Å²) in [5, 5.41) is 8.18. The summed E-state index contributed by atoms with van der Waals surface area (Å²) in [6.45, 7) is 9.15. The largest absolute Gasteiger partial charge is 0.417 e. The minimum Gasteiger partial charge on any atom is -0.342 e. The van der Waals surface area contributed by atoms with Crippen LogP contribution in [0.3, 0.4) is 0 Å². The van der Waals surface area contributed by atoms with Gasteiger partial charge in [-0.15, -0.1) is 0 Å². The van der Waals surface area contributed by atoms with Gasteiger partial charge in [-0.2, -0.15) is 13.2 Å². The molecule has 0 fully saturated rings. The first-order chi connectivity index (χ1) is 29.3. The van der Waals surface area contributed by atoms with Crippen LogP contribution in [-0.2, 0) is 20.3 Å². The number of aryl methyl sites for hydroxylation is 2. The Morgan fingerprint density at radius 2 is 0.833 bits per heavy atom. The summed E-state index contributed by atoms with van der Waals surface area (Å²) < 4.78 is 54.0. The van der Waals surface area contributed by atoms with E-state index in [1.54, 1.807) is 12.1 Å². The molecule has 0 N–H and O–H groups in total. The highest BCUT2D eigenvalue weighted by Gasteiger charge is 2.35. The highest BCUT2D eigenvalue weighted by molar-refractivity contribution is 6.25. The molecule has 12 rings (SSSR count). The molecular weight excluding hydrogens is 752 g/mol. The minimum absolute atomic E-state index is 0.00453. The molecule has 0 aliphatic rings. The van der Waals surface area contributed by atoms with Crippen LogP contribution < -0.4 is 0 Å². The maximum atomic E-state index is 15.1. The van der Waals surface area contributed by atoms with E-state index in [0.29, 0.717) is 16.9 Å². The molecule has 0 radical (unpaired) electrons. The molecule has 8 heteroatoms. The number of hydrogen-bond donors (Lipinski definition) is 0. The van der Waals surface area contributed by atoms with Gasteiger partial charge in [-0.3, -0.25) is 0 Å². The van der Waals surface area contributed by atoms with Gasteiger partial charge in [0, 0.05) is 68.2 Å². The van der Waals surface area contributed by atoms with Crippen molar-refractivity contribution < 1.29 is 13.2 Å². The van der Waals surface area contributed by atoms with Crippen LogP contribution in [0.1, 0.15) is 5.56 Å². The maximum Gasteiger partial charge on any atom is 0.417 e.